The number of aliphatic hydroxyl groups excluding tert-OH is 1. The third-order valence-corrected chi connectivity index (χ3v) is 2.54. The van der Waals surface area contributed by atoms with E-state index in [-0.39, 0.29) is 0 Å². The van der Waals surface area contributed by atoms with E-state index < -0.39 is 0 Å². The van der Waals surface area contributed by atoms with Gasteiger partial charge in [-0.1, -0.05) is 0 Å². The zero-order chi connectivity index (χ0) is 9.36. The van der Waals surface area contributed by atoms with Crippen LogP contribution in [0.1, 0.15) is 25.7 Å². The predicted molar refractivity (Wildman–Crippen MR) is 52.7 cm³/mol. The van der Waals surface area contributed by atoms with E-state index in [4.69, 9.17) is 9.84 Å². The first kappa shape index (κ1) is 11.0. The molecule has 3 heteroatoms. The first-order valence-electron chi connectivity index (χ1n) is 5.33. The molecule has 1 aliphatic heterocycles. The molecular formula is C10H21NO2. The van der Waals surface area contributed by atoms with Crippen LogP contribution < -0.4 is 5.32 Å². The Hall–Kier alpha value is -0.120. The van der Waals surface area contributed by atoms with E-state index in [0.29, 0.717) is 6.61 Å². The van der Waals surface area contributed by atoms with Gasteiger partial charge in [0, 0.05) is 19.8 Å². The lowest BCUT2D eigenvalue weighted by Crippen LogP contribution is -2.28. The molecular weight excluding hydrogens is 166 g/mol. The molecule has 0 unspecified atom stereocenters. The average Bonchev–Trinajstić information content (AvgIpc) is 2.19. The summed E-state index contributed by atoms with van der Waals surface area (Å²) in [5.74, 6) is 0.808. The maximum atomic E-state index is 8.57. The van der Waals surface area contributed by atoms with Gasteiger partial charge in [-0.25, -0.2) is 0 Å². The molecule has 0 saturated carbocycles. The SMILES string of the molecule is OCCCCNCC1CCOCC1. The quantitative estimate of drug-likeness (QED) is 0.604. The molecule has 3 nitrogen and oxygen atoms in total. The molecule has 13 heavy (non-hydrogen) atoms. The molecule has 0 aromatic heterocycles. The second-order valence-corrected chi connectivity index (χ2v) is 3.69. The average molecular weight is 187 g/mol. The van der Waals surface area contributed by atoms with Crippen LogP contribution >= 0.6 is 0 Å². The number of ether oxygens (including phenoxy) is 1. The Morgan fingerprint density at radius 2 is 2.00 bits per heavy atom. The molecule has 0 atom stereocenters. The summed E-state index contributed by atoms with van der Waals surface area (Å²) in [6.45, 7) is 4.34. The van der Waals surface area contributed by atoms with Crippen molar-refractivity contribution in [1.29, 1.82) is 0 Å². The molecule has 78 valence electrons. The van der Waals surface area contributed by atoms with E-state index in [1.54, 1.807) is 0 Å². The standard InChI is InChI=1S/C10H21NO2/c12-6-2-1-5-11-9-10-3-7-13-8-4-10/h10-12H,1-9H2. The summed E-state index contributed by atoms with van der Waals surface area (Å²) in [4.78, 5) is 0. The fourth-order valence-corrected chi connectivity index (χ4v) is 1.62. The molecule has 0 bridgehead atoms. The van der Waals surface area contributed by atoms with Crippen molar-refractivity contribution in [3.8, 4) is 0 Å². The van der Waals surface area contributed by atoms with Crippen molar-refractivity contribution >= 4 is 0 Å². The first-order chi connectivity index (χ1) is 6.43. The maximum Gasteiger partial charge on any atom is 0.0469 e. The normalized spacial score (nSPS) is 19.2. The molecule has 0 radical (unpaired) electrons. The highest BCUT2D eigenvalue weighted by molar-refractivity contribution is 4.65. The number of hydrogen-bond donors (Lipinski definition) is 2. The molecule has 1 rings (SSSR count). The fourth-order valence-electron chi connectivity index (χ4n) is 1.62. The number of aliphatic hydroxyl groups is 1. The van der Waals surface area contributed by atoms with Gasteiger partial charge in [-0.15, -0.1) is 0 Å². The molecule has 1 heterocycles. The molecule has 0 spiro atoms. The summed E-state index contributed by atoms with van der Waals surface area (Å²) in [7, 11) is 0. The minimum atomic E-state index is 0.318. The molecule has 0 amide bonds. The minimum Gasteiger partial charge on any atom is -0.396 e. The van der Waals surface area contributed by atoms with Gasteiger partial charge in [0.15, 0.2) is 0 Å². The van der Waals surface area contributed by atoms with Gasteiger partial charge < -0.3 is 15.2 Å². The summed E-state index contributed by atoms with van der Waals surface area (Å²) in [6.07, 6.45) is 4.40. The van der Waals surface area contributed by atoms with E-state index in [9.17, 15) is 0 Å². The number of hydrogen-bond acceptors (Lipinski definition) is 3. The second-order valence-electron chi connectivity index (χ2n) is 3.69. The lowest BCUT2D eigenvalue weighted by molar-refractivity contribution is 0.0663. The first-order valence-corrected chi connectivity index (χ1v) is 5.33. The Kier molecular flexibility index (Phi) is 6.15. The van der Waals surface area contributed by atoms with Crippen LogP contribution in [-0.2, 0) is 4.74 Å². The minimum absolute atomic E-state index is 0.318. The van der Waals surface area contributed by atoms with Gasteiger partial charge >= 0.3 is 0 Å². The van der Waals surface area contributed by atoms with Crippen molar-refractivity contribution < 1.29 is 9.84 Å². The van der Waals surface area contributed by atoms with Gasteiger partial charge in [0.05, 0.1) is 0 Å². The Morgan fingerprint density at radius 3 is 2.69 bits per heavy atom. The Bertz CT molecular complexity index is 113. The molecule has 0 aromatic rings. The summed E-state index contributed by atoms with van der Waals surface area (Å²) >= 11 is 0. The third kappa shape index (κ3) is 5.24. The zero-order valence-corrected chi connectivity index (χ0v) is 8.30. The summed E-state index contributed by atoms with van der Waals surface area (Å²) in [6, 6.07) is 0. The monoisotopic (exact) mass is 187 g/mol. The third-order valence-electron chi connectivity index (χ3n) is 2.54. The van der Waals surface area contributed by atoms with Gasteiger partial charge in [-0.05, 0) is 44.7 Å². The smallest absolute Gasteiger partial charge is 0.0469 e. The molecule has 0 aromatic carbocycles. The molecule has 0 aliphatic carbocycles. The Morgan fingerprint density at radius 1 is 1.23 bits per heavy atom. The van der Waals surface area contributed by atoms with Gasteiger partial charge in [0.2, 0.25) is 0 Å². The molecule has 2 N–H and O–H groups in total. The molecule has 1 aliphatic rings. The van der Waals surface area contributed by atoms with Crippen molar-refractivity contribution in [2.24, 2.45) is 5.92 Å². The number of rotatable bonds is 6. The van der Waals surface area contributed by atoms with E-state index in [2.05, 4.69) is 5.32 Å². The summed E-state index contributed by atoms with van der Waals surface area (Å²) in [5, 5.41) is 12.0. The van der Waals surface area contributed by atoms with Crippen LogP contribution in [0.25, 0.3) is 0 Å². The van der Waals surface area contributed by atoms with Crippen LogP contribution in [0.3, 0.4) is 0 Å². The van der Waals surface area contributed by atoms with Crippen LogP contribution in [-0.4, -0.2) is 38.0 Å². The van der Waals surface area contributed by atoms with Gasteiger partial charge in [-0.3, -0.25) is 0 Å². The van der Waals surface area contributed by atoms with Gasteiger partial charge in [0.25, 0.3) is 0 Å². The largest absolute Gasteiger partial charge is 0.396 e. The summed E-state index contributed by atoms with van der Waals surface area (Å²) < 4.78 is 5.28. The van der Waals surface area contributed by atoms with Gasteiger partial charge in [-0.2, -0.15) is 0 Å². The van der Waals surface area contributed by atoms with Crippen molar-refractivity contribution in [2.45, 2.75) is 25.7 Å². The van der Waals surface area contributed by atoms with Crippen LogP contribution in [0, 0.1) is 5.92 Å². The lowest BCUT2D eigenvalue weighted by atomic mass is 10.0. The van der Waals surface area contributed by atoms with Crippen molar-refractivity contribution in [2.75, 3.05) is 32.9 Å². The van der Waals surface area contributed by atoms with Crippen molar-refractivity contribution in [1.82, 2.24) is 5.32 Å². The lowest BCUT2D eigenvalue weighted by Gasteiger charge is -2.22. The zero-order valence-electron chi connectivity index (χ0n) is 8.30. The highest BCUT2D eigenvalue weighted by Crippen LogP contribution is 2.12. The van der Waals surface area contributed by atoms with Crippen LogP contribution in [0.4, 0.5) is 0 Å². The topological polar surface area (TPSA) is 41.5 Å². The summed E-state index contributed by atoms with van der Waals surface area (Å²) in [5.41, 5.74) is 0. The van der Waals surface area contributed by atoms with Crippen molar-refractivity contribution in [3.63, 3.8) is 0 Å². The maximum absolute atomic E-state index is 8.57. The van der Waals surface area contributed by atoms with Crippen LogP contribution in [0.2, 0.25) is 0 Å². The highest BCUT2D eigenvalue weighted by atomic mass is 16.5. The van der Waals surface area contributed by atoms with Crippen molar-refractivity contribution in [3.05, 3.63) is 0 Å². The molecule has 1 fully saturated rings. The fraction of sp³-hybridized carbons (Fsp3) is 1.00. The van der Waals surface area contributed by atoms with E-state index in [1.807, 2.05) is 0 Å². The van der Waals surface area contributed by atoms with E-state index in [1.165, 1.54) is 12.8 Å². The van der Waals surface area contributed by atoms with Crippen LogP contribution in [0.5, 0.6) is 0 Å². The van der Waals surface area contributed by atoms with E-state index >= 15 is 0 Å². The Labute approximate surface area is 80.5 Å². The van der Waals surface area contributed by atoms with Crippen LogP contribution in [0.15, 0.2) is 0 Å². The van der Waals surface area contributed by atoms with E-state index in [0.717, 1.165) is 45.1 Å². The van der Waals surface area contributed by atoms with Gasteiger partial charge in [0.1, 0.15) is 0 Å². The second kappa shape index (κ2) is 7.30. The number of unbranched alkanes of at least 4 members (excludes halogenated alkanes) is 1. The molecule has 1 saturated heterocycles. The number of nitrogens with one attached hydrogen (secondary N) is 1. The Balaban J connectivity index is 1.86. The predicted octanol–water partition coefficient (Wildman–Crippen LogP) is 0.775. The highest BCUT2D eigenvalue weighted by Gasteiger charge is 2.12.